The highest BCUT2D eigenvalue weighted by Gasteiger charge is 2.51. The maximum Gasteiger partial charge on any atom is 0.248 e. The number of nitrogens with one attached hydrogen (secondary N) is 4. The van der Waals surface area contributed by atoms with Gasteiger partial charge in [-0.15, -0.1) is 0 Å². The molecule has 502 valence electrons. The summed E-state index contributed by atoms with van der Waals surface area (Å²) in [6, 6.07) is -13.8. The highest BCUT2D eigenvalue weighted by molar-refractivity contribution is 6.00. The van der Waals surface area contributed by atoms with Gasteiger partial charge in [-0.05, 0) is 96.3 Å². The van der Waals surface area contributed by atoms with Crippen molar-refractivity contribution in [3.05, 3.63) is 12.2 Å². The number of carbonyl (C=O) groups excluding carboxylic acids is 11. The number of ether oxygens (including phenoxy) is 3. The Kier molecular flexibility index (Phi) is 31.2. The molecule has 0 aliphatic carbocycles. The number of allylic oxidation sites excluding steroid dienone is 2. The van der Waals surface area contributed by atoms with E-state index in [4.69, 9.17) is 14.2 Å². The molecule has 0 aromatic carbocycles. The van der Waals surface area contributed by atoms with Gasteiger partial charge in [0, 0.05) is 69.5 Å². The van der Waals surface area contributed by atoms with E-state index in [0.717, 1.165) is 4.90 Å². The van der Waals surface area contributed by atoms with E-state index < -0.39 is 161 Å². The fourth-order valence-electron chi connectivity index (χ4n) is 11.6. The van der Waals surface area contributed by atoms with Crippen molar-refractivity contribution >= 4 is 65.0 Å². The van der Waals surface area contributed by atoms with Crippen molar-refractivity contribution in [1.29, 1.82) is 0 Å². The van der Waals surface area contributed by atoms with Crippen LogP contribution in [0.4, 0.5) is 0 Å². The maximum absolute atomic E-state index is 15.2. The number of rotatable bonds is 16. The second-order valence-electron chi connectivity index (χ2n) is 26.0. The summed E-state index contributed by atoms with van der Waals surface area (Å²) in [6.45, 7) is 25.8. The van der Waals surface area contributed by atoms with Crippen molar-refractivity contribution in [3.63, 3.8) is 0 Å². The summed E-state index contributed by atoms with van der Waals surface area (Å²) >= 11 is 0. The van der Waals surface area contributed by atoms with Crippen LogP contribution in [0.25, 0.3) is 0 Å². The predicted octanol–water partition coefficient (Wildman–Crippen LogP) is 2.29. The van der Waals surface area contributed by atoms with Gasteiger partial charge < -0.3 is 69.8 Å². The minimum absolute atomic E-state index is 0.0397. The smallest absolute Gasteiger partial charge is 0.248 e. The van der Waals surface area contributed by atoms with Gasteiger partial charge in [0.2, 0.25) is 65.0 Å². The molecular formula is C63H111N11O14. The van der Waals surface area contributed by atoms with Crippen LogP contribution >= 0.6 is 0 Å². The first-order valence-corrected chi connectivity index (χ1v) is 31.2. The summed E-state index contributed by atoms with van der Waals surface area (Å²) < 4.78 is 17.8. The first-order chi connectivity index (χ1) is 40.9. The van der Waals surface area contributed by atoms with E-state index in [2.05, 4.69) is 21.3 Å². The van der Waals surface area contributed by atoms with Gasteiger partial charge in [0.15, 0.2) is 0 Å². The van der Waals surface area contributed by atoms with Crippen molar-refractivity contribution in [1.82, 2.24) is 55.6 Å². The topological polar surface area (TPSA) is 286 Å². The van der Waals surface area contributed by atoms with E-state index in [1.54, 1.807) is 27.7 Å². The quantitative estimate of drug-likeness (QED) is 0.162. The van der Waals surface area contributed by atoms with Crippen LogP contribution in [-0.4, -0.2) is 255 Å². The zero-order valence-corrected chi connectivity index (χ0v) is 57.4. The summed E-state index contributed by atoms with van der Waals surface area (Å²) in [5.41, 5.74) is 0. The normalized spacial score (nSPS) is 29.1. The summed E-state index contributed by atoms with van der Waals surface area (Å²) in [6.07, 6.45) is 2.64. The van der Waals surface area contributed by atoms with Crippen LogP contribution in [0, 0.1) is 35.5 Å². The summed E-state index contributed by atoms with van der Waals surface area (Å²) in [7, 11) is 12.8. The molecular weight excluding hydrogens is 1130 g/mol. The van der Waals surface area contributed by atoms with E-state index in [0.29, 0.717) is 6.42 Å². The molecule has 25 heteroatoms. The third-order valence-electron chi connectivity index (χ3n) is 17.1. The third kappa shape index (κ3) is 19.9. The van der Waals surface area contributed by atoms with Gasteiger partial charge in [-0.3, -0.25) is 52.7 Å². The molecule has 2 aliphatic rings. The summed E-state index contributed by atoms with van der Waals surface area (Å²) in [5, 5.41) is 11.1. The number of fused-ring (bicyclic) bond motifs is 3. The van der Waals surface area contributed by atoms with Crippen molar-refractivity contribution in [3.8, 4) is 0 Å². The highest BCUT2D eigenvalue weighted by atomic mass is 16.5. The lowest BCUT2D eigenvalue weighted by Crippen LogP contribution is -2.63. The number of nitrogens with zero attached hydrogens (tertiary/aromatic N) is 7. The van der Waals surface area contributed by atoms with E-state index in [1.165, 1.54) is 114 Å². The average molecular weight is 1250 g/mol. The number of likely N-dealkylation sites (N-methyl/N-ethyl adjacent to an activating group) is 7. The van der Waals surface area contributed by atoms with Crippen LogP contribution in [-0.2, 0) is 67.0 Å². The third-order valence-corrected chi connectivity index (χ3v) is 17.1. The Balaban J connectivity index is 3.04. The molecule has 2 rings (SSSR count). The van der Waals surface area contributed by atoms with Gasteiger partial charge in [-0.25, -0.2) is 0 Å². The van der Waals surface area contributed by atoms with Gasteiger partial charge >= 0.3 is 0 Å². The molecule has 2 bridgehead atoms. The molecule has 2 aliphatic heterocycles. The second kappa shape index (κ2) is 35.3. The molecule has 2 saturated heterocycles. The van der Waals surface area contributed by atoms with Crippen molar-refractivity contribution in [2.45, 2.75) is 215 Å². The van der Waals surface area contributed by atoms with Gasteiger partial charge in [0.05, 0.1) is 25.4 Å². The number of hydrogen-bond donors (Lipinski definition) is 4. The molecule has 0 spiro atoms. The fraction of sp³-hybridized carbons (Fsp3) is 0.794. The molecule has 14 atom stereocenters. The van der Waals surface area contributed by atoms with E-state index in [-0.39, 0.29) is 56.7 Å². The first kappa shape index (κ1) is 77.9. The number of hydrogen-bond acceptors (Lipinski definition) is 14. The molecule has 14 unspecified atom stereocenters. The van der Waals surface area contributed by atoms with E-state index in [1.807, 2.05) is 67.5 Å². The first-order valence-electron chi connectivity index (χ1n) is 31.2. The predicted molar refractivity (Wildman–Crippen MR) is 334 cm³/mol. The molecule has 11 amide bonds. The summed E-state index contributed by atoms with van der Waals surface area (Å²) in [4.78, 5) is 171. The van der Waals surface area contributed by atoms with Crippen LogP contribution in [0.15, 0.2) is 12.2 Å². The Labute approximate surface area is 524 Å². The molecule has 2 heterocycles. The number of carbonyl (C=O) groups is 11. The lowest BCUT2D eigenvalue weighted by Gasteiger charge is -2.39. The van der Waals surface area contributed by atoms with Gasteiger partial charge in [-0.2, -0.15) is 0 Å². The lowest BCUT2D eigenvalue weighted by atomic mass is 9.92. The van der Waals surface area contributed by atoms with Crippen LogP contribution in [0.5, 0.6) is 0 Å². The largest absolute Gasteiger partial charge is 0.384 e. The monoisotopic (exact) mass is 1250 g/mol. The molecule has 0 aromatic rings. The van der Waals surface area contributed by atoms with Gasteiger partial charge in [0.25, 0.3) is 0 Å². The molecule has 0 saturated carbocycles. The zero-order valence-electron chi connectivity index (χ0n) is 57.4. The molecule has 0 aromatic heterocycles. The van der Waals surface area contributed by atoms with Gasteiger partial charge in [-0.1, -0.05) is 81.4 Å². The van der Waals surface area contributed by atoms with Crippen molar-refractivity contribution in [2.75, 3.05) is 76.8 Å². The van der Waals surface area contributed by atoms with Crippen molar-refractivity contribution in [2.24, 2.45) is 35.5 Å². The maximum atomic E-state index is 15.2. The zero-order chi connectivity index (χ0) is 67.7. The fourth-order valence-corrected chi connectivity index (χ4v) is 11.6. The van der Waals surface area contributed by atoms with Crippen LogP contribution in [0.2, 0.25) is 0 Å². The molecule has 0 radical (unpaired) electrons. The highest BCUT2D eigenvalue weighted by Crippen LogP contribution is 2.30. The Hall–Kier alpha value is -6.21. The van der Waals surface area contributed by atoms with Crippen LogP contribution in [0.3, 0.4) is 0 Å². The average Bonchev–Trinajstić information content (AvgIpc) is 1.97. The summed E-state index contributed by atoms with van der Waals surface area (Å²) in [5.74, 6) is -9.71. The molecule has 2 fully saturated rings. The minimum Gasteiger partial charge on any atom is -0.384 e. The van der Waals surface area contributed by atoms with E-state index >= 15 is 19.2 Å². The Bertz CT molecular complexity index is 2430. The Morgan fingerprint density at radius 3 is 1.43 bits per heavy atom. The van der Waals surface area contributed by atoms with E-state index in [9.17, 15) is 33.6 Å². The number of amides is 11. The molecule has 4 N–H and O–H groups in total. The lowest BCUT2D eigenvalue weighted by molar-refractivity contribution is -0.155. The van der Waals surface area contributed by atoms with Crippen molar-refractivity contribution < 1.29 is 67.0 Å². The molecule has 25 nitrogen and oxygen atoms in total. The Morgan fingerprint density at radius 1 is 0.489 bits per heavy atom. The second-order valence-corrected chi connectivity index (χ2v) is 26.0. The van der Waals surface area contributed by atoms with Gasteiger partial charge in [0.1, 0.15) is 66.5 Å². The number of methoxy groups -OCH3 is 2. The molecule has 88 heavy (non-hydrogen) atoms. The standard InChI is InChI=1S/C63H111N11O14/c1-25-27-28-38(11)52-51-56(78)66-44(26-2)59(81)68(16)41(14)58(80)73(21)50(43(32-86-23)33-87-24)55(77)67-48(37(9)10)62(84)69(17)45(29-34(3)4)54(76)64-39(12)53(75)65-40(13)57(79)70(18)46(30-35(5)6)60(82)71(19)47(31-36(7)8)61(83)72(20)49(42(15)88-52)63(85)74(51)22/h25,27,34-52H,26,28-33H2,1-24H3,(H,64,76)(H,65,75)(H,66,78)(H,67,77). The van der Waals surface area contributed by atoms with Crippen LogP contribution < -0.4 is 21.3 Å². The Morgan fingerprint density at radius 2 is 0.955 bits per heavy atom. The minimum atomic E-state index is -1.37. The van der Waals surface area contributed by atoms with Crippen LogP contribution in [0.1, 0.15) is 136 Å². The SMILES string of the molecule is CC=CCC(C)C1OC(C)C2C(=O)N(C)C1C(=O)NC(CC)C(=O)N(C)C(C)C(=O)N(C)C(C(COC)COC)C(=O)NC(C(C)C)C(=O)N(C)C(CC(C)C)C(=O)NC(C)C(=O)NC(C)C(=O)N(C)C(CC(C)C)C(=O)N(C)C(CC(C)C)C(=O)N2C.